The third kappa shape index (κ3) is 5.39. The van der Waals surface area contributed by atoms with Gasteiger partial charge < -0.3 is 10.4 Å². The Hall–Kier alpha value is -4.26. The maximum absolute atomic E-state index is 13.7. The van der Waals surface area contributed by atoms with Crippen molar-refractivity contribution in [3.05, 3.63) is 107 Å². The lowest BCUT2D eigenvalue weighted by Crippen LogP contribution is -2.32. The fourth-order valence-electron chi connectivity index (χ4n) is 2.51. The maximum Gasteiger partial charge on any atom is 0.287 e. The van der Waals surface area contributed by atoms with E-state index in [0.29, 0.717) is 11.1 Å². The first kappa shape index (κ1) is 20.5. The number of benzene rings is 3. The van der Waals surface area contributed by atoms with Crippen LogP contribution in [0, 0.1) is 5.82 Å². The number of para-hydroxylation sites is 1. The van der Waals surface area contributed by atoms with Gasteiger partial charge in [0.25, 0.3) is 11.8 Å². The van der Waals surface area contributed by atoms with Crippen LogP contribution in [0.2, 0.25) is 0 Å². The summed E-state index contributed by atoms with van der Waals surface area (Å²) in [6.45, 7) is 0. The average Bonchev–Trinajstić information content (AvgIpc) is 2.76. The molecule has 0 heterocycles. The summed E-state index contributed by atoms with van der Waals surface area (Å²) in [5, 5.41) is 16.3. The summed E-state index contributed by atoms with van der Waals surface area (Å²) in [5.41, 5.74) is 2.98. The van der Waals surface area contributed by atoms with E-state index in [1.807, 2.05) is 0 Å². The van der Waals surface area contributed by atoms with E-state index in [9.17, 15) is 19.1 Å². The number of hydrogen-bond acceptors (Lipinski definition) is 4. The quantitative estimate of drug-likeness (QED) is 0.334. The van der Waals surface area contributed by atoms with Crippen molar-refractivity contribution < 1.29 is 19.1 Å². The van der Waals surface area contributed by atoms with Gasteiger partial charge in [0.05, 0.1) is 6.21 Å². The Morgan fingerprint density at radius 3 is 2.20 bits per heavy atom. The molecule has 0 aliphatic heterocycles. The number of nitrogens with zero attached hydrogens (tertiary/aromatic N) is 1. The molecule has 0 bridgehead atoms. The van der Waals surface area contributed by atoms with Crippen LogP contribution in [-0.2, 0) is 4.79 Å². The number of aromatic hydroxyl groups is 1. The highest BCUT2D eigenvalue weighted by atomic mass is 19.1. The minimum absolute atomic E-state index is 0.0633. The molecule has 3 aromatic carbocycles. The summed E-state index contributed by atoms with van der Waals surface area (Å²) in [4.78, 5) is 25.1. The number of hydrogen-bond donors (Lipinski definition) is 3. The smallest absolute Gasteiger partial charge is 0.287 e. The van der Waals surface area contributed by atoms with E-state index in [1.54, 1.807) is 54.6 Å². The fourth-order valence-corrected chi connectivity index (χ4v) is 2.51. The Labute approximate surface area is 172 Å². The first-order valence-electron chi connectivity index (χ1n) is 8.98. The number of nitrogens with one attached hydrogen (secondary N) is 2. The summed E-state index contributed by atoms with van der Waals surface area (Å²) in [7, 11) is 0. The molecular weight excluding hydrogens is 385 g/mol. The van der Waals surface area contributed by atoms with Crippen molar-refractivity contribution in [2.45, 2.75) is 0 Å². The molecule has 0 fully saturated rings. The van der Waals surface area contributed by atoms with Gasteiger partial charge in [-0.3, -0.25) is 9.59 Å². The lowest BCUT2D eigenvalue weighted by Gasteiger charge is -2.09. The van der Waals surface area contributed by atoms with E-state index in [-0.39, 0.29) is 17.0 Å². The number of hydrazone groups is 1. The molecule has 2 amide bonds. The third-order valence-corrected chi connectivity index (χ3v) is 4.04. The summed E-state index contributed by atoms with van der Waals surface area (Å²) >= 11 is 0. The number of carbonyl (C=O) groups excluding carboxylic acids is 2. The van der Waals surface area contributed by atoms with Crippen LogP contribution >= 0.6 is 0 Å². The van der Waals surface area contributed by atoms with E-state index in [1.165, 1.54) is 30.3 Å². The first-order valence-corrected chi connectivity index (χ1v) is 8.98. The van der Waals surface area contributed by atoms with Crippen molar-refractivity contribution >= 4 is 24.1 Å². The SMILES string of the molecule is O=C(N/N=C/c1ccccc1F)/C(=C/c1ccccc1O)NC(=O)c1ccccc1. The van der Waals surface area contributed by atoms with Crippen molar-refractivity contribution in [2.75, 3.05) is 0 Å². The van der Waals surface area contributed by atoms with Gasteiger partial charge in [-0.1, -0.05) is 54.6 Å². The highest BCUT2D eigenvalue weighted by Gasteiger charge is 2.15. The number of phenols is 1. The molecule has 0 aliphatic rings. The summed E-state index contributed by atoms with van der Waals surface area (Å²) in [6, 6.07) is 20.6. The van der Waals surface area contributed by atoms with Crippen LogP contribution in [-0.4, -0.2) is 23.1 Å². The predicted octanol–water partition coefficient (Wildman–Crippen LogP) is 3.45. The van der Waals surface area contributed by atoms with Crippen LogP contribution < -0.4 is 10.7 Å². The van der Waals surface area contributed by atoms with Gasteiger partial charge in [0, 0.05) is 16.7 Å². The van der Waals surface area contributed by atoms with Crippen molar-refractivity contribution in [2.24, 2.45) is 5.10 Å². The normalized spacial score (nSPS) is 11.3. The molecule has 3 N–H and O–H groups in total. The monoisotopic (exact) mass is 403 g/mol. The molecule has 6 nitrogen and oxygen atoms in total. The van der Waals surface area contributed by atoms with E-state index < -0.39 is 17.6 Å². The lowest BCUT2D eigenvalue weighted by atomic mass is 10.1. The fraction of sp³-hybridized carbons (Fsp3) is 0. The largest absolute Gasteiger partial charge is 0.507 e. The topological polar surface area (TPSA) is 90.8 Å². The predicted molar refractivity (Wildman–Crippen MR) is 112 cm³/mol. The van der Waals surface area contributed by atoms with Crippen molar-refractivity contribution in [1.82, 2.24) is 10.7 Å². The van der Waals surface area contributed by atoms with Gasteiger partial charge in [-0.15, -0.1) is 0 Å². The average molecular weight is 403 g/mol. The Morgan fingerprint density at radius 2 is 1.50 bits per heavy atom. The zero-order valence-corrected chi connectivity index (χ0v) is 15.7. The summed E-state index contributed by atoms with van der Waals surface area (Å²) in [5.74, 6) is -1.80. The summed E-state index contributed by atoms with van der Waals surface area (Å²) in [6.07, 6.45) is 2.48. The highest BCUT2D eigenvalue weighted by Crippen LogP contribution is 2.18. The molecule has 0 saturated carbocycles. The number of amides is 2. The number of rotatable bonds is 6. The van der Waals surface area contributed by atoms with Crippen LogP contribution in [0.4, 0.5) is 4.39 Å². The van der Waals surface area contributed by atoms with Gasteiger partial charge in [0.1, 0.15) is 17.3 Å². The summed E-state index contributed by atoms with van der Waals surface area (Å²) < 4.78 is 13.7. The molecule has 150 valence electrons. The minimum Gasteiger partial charge on any atom is -0.507 e. The maximum atomic E-state index is 13.7. The molecule has 0 saturated heterocycles. The Morgan fingerprint density at radius 1 is 0.867 bits per heavy atom. The van der Waals surface area contributed by atoms with Gasteiger partial charge in [0.15, 0.2) is 0 Å². The number of halogens is 1. The van der Waals surface area contributed by atoms with Crippen LogP contribution in [0.15, 0.2) is 89.7 Å². The molecule has 0 atom stereocenters. The molecule has 3 aromatic rings. The first-order chi connectivity index (χ1) is 14.5. The van der Waals surface area contributed by atoms with Gasteiger partial charge in [-0.25, -0.2) is 9.82 Å². The van der Waals surface area contributed by atoms with E-state index in [4.69, 9.17) is 0 Å². The molecule has 3 rings (SSSR count). The van der Waals surface area contributed by atoms with Crippen LogP contribution in [0.5, 0.6) is 5.75 Å². The second kappa shape index (κ2) is 9.79. The van der Waals surface area contributed by atoms with Crippen LogP contribution in [0.3, 0.4) is 0 Å². The lowest BCUT2D eigenvalue weighted by molar-refractivity contribution is -0.117. The Bertz CT molecular complexity index is 1110. The van der Waals surface area contributed by atoms with Gasteiger partial charge >= 0.3 is 0 Å². The highest BCUT2D eigenvalue weighted by molar-refractivity contribution is 6.05. The van der Waals surface area contributed by atoms with Crippen molar-refractivity contribution in [3.8, 4) is 5.75 Å². The number of phenolic OH excluding ortho intramolecular Hbond substituents is 1. The van der Waals surface area contributed by atoms with Crippen molar-refractivity contribution in [1.29, 1.82) is 0 Å². The second-order valence-corrected chi connectivity index (χ2v) is 6.16. The molecule has 0 aliphatic carbocycles. The van der Waals surface area contributed by atoms with Gasteiger partial charge in [-0.05, 0) is 30.3 Å². The molecule has 0 aromatic heterocycles. The molecule has 0 unspecified atom stereocenters. The standard InChI is InChI=1S/C23H18FN3O3/c24-19-12-6-4-11-18(19)15-25-27-23(30)20(14-17-10-5-7-13-21(17)28)26-22(29)16-8-2-1-3-9-16/h1-15,28H,(H,26,29)(H,27,30)/b20-14-,25-15+. The molecule has 0 radical (unpaired) electrons. The van der Waals surface area contributed by atoms with Crippen LogP contribution in [0.25, 0.3) is 6.08 Å². The Balaban J connectivity index is 1.83. The molecule has 0 spiro atoms. The zero-order chi connectivity index (χ0) is 21.3. The molecule has 7 heteroatoms. The minimum atomic E-state index is -0.741. The Kier molecular flexibility index (Phi) is 6.68. The third-order valence-electron chi connectivity index (χ3n) is 4.04. The van der Waals surface area contributed by atoms with E-state index >= 15 is 0 Å². The molecule has 30 heavy (non-hydrogen) atoms. The van der Waals surface area contributed by atoms with Gasteiger partial charge in [-0.2, -0.15) is 5.10 Å². The van der Waals surface area contributed by atoms with Crippen LogP contribution in [0.1, 0.15) is 21.5 Å². The van der Waals surface area contributed by atoms with Gasteiger partial charge in [0.2, 0.25) is 0 Å². The molecular formula is C23H18FN3O3. The van der Waals surface area contributed by atoms with Crippen molar-refractivity contribution in [3.63, 3.8) is 0 Å². The van der Waals surface area contributed by atoms with E-state index in [0.717, 1.165) is 6.21 Å². The number of carbonyl (C=O) groups is 2. The van der Waals surface area contributed by atoms with E-state index in [2.05, 4.69) is 15.8 Å². The zero-order valence-electron chi connectivity index (χ0n) is 15.7. The second-order valence-electron chi connectivity index (χ2n) is 6.16.